The zero-order valence-corrected chi connectivity index (χ0v) is 15.7. The van der Waals surface area contributed by atoms with Gasteiger partial charge in [0.05, 0.1) is 19.0 Å². The molecule has 2 heterocycles. The fraction of sp³-hybridized carbons (Fsp3) is 0.438. The lowest BCUT2D eigenvalue weighted by Crippen LogP contribution is -2.35. The van der Waals surface area contributed by atoms with Crippen LogP contribution in [-0.4, -0.2) is 60.1 Å². The van der Waals surface area contributed by atoms with E-state index in [-0.39, 0.29) is 5.91 Å². The SMILES string of the molecule is CNc1nnc(SCC(=O)Nc2ccc(CN3CCOCC3)cc2)s1. The van der Waals surface area contributed by atoms with Crippen molar-refractivity contribution in [3.63, 3.8) is 0 Å². The molecule has 1 aliphatic rings. The van der Waals surface area contributed by atoms with Crippen LogP contribution in [0.15, 0.2) is 28.6 Å². The summed E-state index contributed by atoms with van der Waals surface area (Å²) in [6.07, 6.45) is 0. The highest BCUT2D eigenvalue weighted by molar-refractivity contribution is 8.01. The average Bonchev–Trinajstić information content (AvgIpc) is 3.11. The van der Waals surface area contributed by atoms with Gasteiger partial charge in [0.2, 0.25) is 11.0 Å². The summed E-state index contributed by atoms with van der Waals surface area (Å²) in [4.78, 5) is 14.4. The molecule has 1 aromatic heterocycles. The highest BCUT2D eigenvalue weighted by Gasteiger charge is 2.11. The fourth-order valence-corrected chi connectivity index (χ4v) is 3.91. The minimum atomic E-state index is -0.0489. The van der Waals surface area contributed by atoms with Crippen molar-refractivity contribution < 1.29 is 9.53 Å². The van der Waals surface area contributed by atoms with Gasteiger partial charge in [0.1, 0.15) is 0 Å². The Morgan fingerprint density at radius 3 is 2.72 bits per heavy atom. The Labute approximate surface area is 155 Å². The molecule has 0 unspecified atom stereocenters. The average molecular weight is 380 g/mol. The van der Waals surface area contributed by atoms with Crippen LogP contribution in [0.25, 0.3) is 0 Å². The smallest absolute Gasteiger partial charge is 0.234 e. The molecule has 0 saturated carbocycles. The summed E-state index contributed by atoms with van der Waals surface area (Å²) in [5, 5.41) is 14.5. The Morgan fingerprint density at radius 1 is 1.28 bits per heavy atom. The summed E-state index contributed by atoms with van der Waals surface area (Å²) >= 11 is 2.82. The van der Waals surface area contributed by atoms with Gasteiger partial charge in [-0.1, -0.05) is 35.2 Å². The number of nitrogens with zero attached hydrogens (tertiary/aromatic N) is 3. The standard InChI is InChI=1S/C16H21N5O2S2/c1-17-15-19-20-16(25-15)24-11-14(22)18-13-4-2-12(3-5-13)10-21-6-8-23-9-7-21/h2-5H,6-11H2,1H3,(H,17,19)(H,18,22). The molecular weight excluding hydrogens is 358 g/mol. The number of carbonyl (C=O) groups excluding carboxylic acids is 1. The van der Waals surface area contributed by atoms with Crippen LogP contribution in [0.5, 0.6) is 0 Å². The number of hydrogen-bond acceptors (Lipinski definition) is 8. The van der Waals surface area contributed by atoms with E-state index in [1.54, 1.807) is 7.05 Å². The number of morpholine rings is 1. The van der Waals surface area contributed by atoms with E-state index in [2.05, 4.69) is 37.9 Å². The third-order valence-electron chi connectivity index (χ3n) is 3.69. The molecule has 0 bridgehead atoms. The topological polar surface area (TPSA) is 79.4 Å². The van der Waals surface area contributed by atoms with E-state index >= 15 is 0 Å². The van der Waals surface area contributed by atoms with Crippen LogP contribution in [-0.2, 0) is 16.1 Å². The van der Waals surface area contributed by atoms with Crippen LogP contribution in [0.3, 0.4) is 0 Å². The molecule has 134 valence electrons. The Bertz CT molecular complexity index is 686. The number of anilines is 2. The number of benzene rings is 1. The third-order valence-corrected chi connectivity index (χ3v) is 5.77. The van der Waals surface area contributed by atoms with Crippen molar-refractivity contribution in [2.24, 2.45) is 0 Å². The van der Waals surface area contributed by atoms with Gasteiger partial charge in [0.15, 0.2) is 4.34 Å². The fourth-order valence-electron chi connectivity index (χ4n) is 2.40. The van der Waals surface area contributed by atoms with Crippen molar-refractivity contribution in [2.45, 2.75) is 10.9 Å². The number of rotatable bonds is 7. The minimum Gasteiger partial charge on any atom is -0.379 e. The number of nitrogens with one attached hydrogen (secondary N) is 2. The molecule has 0 aliphatic carbocycles. The van der Waals surface area contributed by atoms with Crippen LogP contribution in [0.2, 0.25) is 0 Å². The van der Waals surface area contributed by atoms with Gasteiger partial charge in [-0.2, -0.15) is 0 Å². The van der Waals surface area contributed by atoms with Crippen LogP contribution in [0.1, 0.15) is 5.56 Å². The predicted octanol–water partition coefficient (Wildman–Crippen LogP) is 2.14. The predicted molar refractivity (Wildman–Crippen MR) is 101 cm³/mol. The summed E-state index contributed by atoms with van der Waals surface area (Å²) in [5.41, 5.74) is 2.05. The van der Waals surface area contributed by atoms with Crippen LogP contribution >= 0.6 is 23.1 Å². The molecule has 3 rings (SSSR count). The molecule has 1 saturated heterocycles. The second kappa shape index (κ2) is 9.14. The molecule has 0 radical (unpaired) electrons. The molecule has 1 aromatic carbocycles. The first-order valence-corrected chi connectivity index (χ1v) is 9.86. The summed E-state index contributed by atoms with van der Waals surface area (Å²) < 4.78 is 6.14. The Kier molecular flexibility index (Phi) is 6.62. The molecule has 25 heavy (non-hydrogen) atoms. The molecular formula is C16H21N5O2S2. The van der Waals surface area contributed by atoms with Crippen molar-refractivity contribution in [3.8, 4) is 0 Å². The minimum absolute atomic E-state index is 0.0489. The maximum Gasteiger partial charge on any atom is 0.234 e. The Balaban J connectivity index is 1.44. The van der Waals surface area contributed by atoms with Gasteiger partial charge in [0, 0.05) is 32.4 Å². The number of carbonyl (C=O) groups is 1. The van der Waals surface area contributed by atoms with E-state index < -0.39 is 0 Å². The summed E-state index contributed by atoms with van der Waals surface area (Å²) in [7, 11) is 1.80. The molecule has 2 aromatic rings. The van der Waals surface area contributed by atoms with Crippen molar-refractivity contribution in [1.82, 2.24) is 15.1 Å². The molecule has 2 N–H and O–H groups in total. The highest BCUT2D eigenvalue weighted by Crippen LogP contribution is 2.25. The highest BCUT2D eigenvalue weighted by atomic mass is 32.2. The zero-order valence-electron chi connectivity index (χ0n) is 14.0. The van der Waals surface area contributed by atoms with E-state index in [4.69, 9.17) is 4.74 Å². The molecule has 0 spiro atoms. The lowest BCUT2D eigenvalue weighted by atomic mass is 10.2. The van der Waals surface area contributed by atoms with Crippen LogP contribution < -0.4 is 10.6 Å². The van der Waals surface area contributed by atoms with Crippen molar-refractivity contribution >= 4 is 39.8 Å². The monoisotopic (exact) mass is 379 g/mol. The first-order chi connectivity index (χ1) is 12.2. The number of hydrogen-bond donors (Lipinski definition) is 2. The van der Waals surface area contributed by atoms with Gasteiger partial charge in [-0.05, 0) is 17.7 Å². The number of aromatic nitrogens is 2. The van der Waals surface area contributed by atoms with Gasteiger partial charge in [-0.3, -0.25) is 9.69 Å². The maximum atomic E-state index is 12.1. The summed E-state index contributed by atoms with van der Waals surface area (Å²) in [6, 6.07) is 8.01. The largest absolute Gasteiger partial charge is 0.379 e. The van der Waals surface area contributed by atoms with Gasteiger partial charge in [-0.25, -0.2) is 0 Å². The van der Waals surface area contributed by atoms with E-state index in [1.807, 2.05) is 12.1 Å². The number of ether oxygens (including phenoxy) is 1. The van der Waals surface area contributed by atoms with Crippen molar-refractivity contribution in [2.75, 3.05) is 49.7 Å². The van der Waals surface area contributed by atoms with Gasteiger partial charge < -0.3 is 15.4 Å². The molecule has 9 heteroatoms. The maximum absolute atomic E-state index is 12.1. The van der Waals surface area contributed by atoms with E-state index in [1.165, 1.54) is 28.7 Å². The molecule has 1 fully saturated rings. The summed E-state index contributed by atoms with van der Waals surface area (Å²) in [6.45, 7) is 4.46. The molecule has 7 nitrogen and oxygen atoms in total. The van der Waals surface area contributed by atoms with E-state index in [0.717, 1.165) is 48.0 Å². The van der Waals surface area contributed by atoms with Gasteiger partial charge in [-0.15, -0.1) is 10.2 Å². The van der Waals surface area contributed by atoms with Gasteiger partial charge >= 0.3 is 0 Å². The molecule has 1 aliphatic heterocycles. The lowest BCUT2D eigenvalue weighted by Gasteiger charge is -2.26. The second-order valence-corrected chi connectivity index (χ2v) is 7.75. The normalized spacial score (nSPS) is 15.1. The Hall–Kier alpha value is -1.68. The molecule has 0 atom stereocenters. The van der Waals surface area contributed by atoms with Crippen molar-refractivity contribution in [3.05, 3.63) is 29.8 Å². The zero-order chi connectivity index (χ0) is 17.5. The van der Waals surface area contributed by atoms with Crippen molar-refractivity contribution in [1.29, 1.82) is 0 Å². The summed E-state index contributed by atoms with van der Waals surface area (Å²) in [5.74, 6) is 0.264. The van der Waals surface area contributed by atoms with Crippen LogP contribution in [0, 0.1) is 0 Å². The number of amides is 1. The van der Waals surface area contributed by atoms with E-state index in [9.17, 15) is 4.79 Å². The number of thioether (sulfide) groups is 1. The van der Waals surface area contributed by atoms with E-state index in [0.29, 0.717) is 5.75 Å². The van der Waals surface area contributed by atoms with Crippen LogP contribution in [0.4, 0.5) is 10.8 Å². The first-order valence-electron chi connectivity index (χ1n) is 8.06. The quantitative estimate of drug-likeness (QED) is 0.714. The lowest BCUT2D eigenvalue weighted by molar-refractivity contribution is -0.113. The second-order valence-electron chi connectivity index (χ2n) is 5.55. The van der Waals surface area contributed by atoms with Gasteiger partial charge in [0.25, 0.3) is 0 Å². The molecule has 1 amide bonds. The first kappa shape index (κ1) is 18.1. The Morgan fingerprint density at radius 2 is 2.04 bits per heavy atom. The third kappa shape index (κ3) is 5.67.